The fourth-order valence-electron chi connectivity index (χ4n) is 3.85. The van der Waals surface area contributed by atoms with Crippen LogP contribution in [0.25, 0.3) is 0 Å². The monoisotopic (exact) mass is 506 g/mol. The maximum absolute atomic E-state index is 11.9. The van der Waals surface area contributed by atoms with Crippen molar-refractivity contribution in [2.24, 2.45) is 5.92 Å². The molecular formula is C23H34N6O5S. The number of nitrogens with zero attached hydrogens (tertiary/aromatic N) is 4. The number of aliphatic hydroxyl groups is 1. The van der Waals surface area contributed by atoms with Gasteiger partial charge in [-0.25, -0.2) is 13.5 Å². The SMILES string of the molecule is CC(C)C[C@H](CO)Nc1nc(CC(C)c2cccc(CN3OCCC3=O)c2)nc(NS(C)(=O)=O)n1. The number of hydrogen-bond acceptors (Lipinski definition) is 9. The molecule has 2 heterocycles. The Morgan fingerprint density at radius 3 is 2.54 bits per heavy atom. The molecule has 192 valence electrons. The maximum Gasteiger partial charge on any atom is 0.248 e. The third kappa shape index (κ3) is 8.41. The molecule has 1 unspecified atom stereocenters. The molecule has 12 heteroatoms. The lowest BCUT2D eigenvalue weighted by molar-refractivity contribution is -0.164. The van der Waals surface area contributed by atoms with Crippen LogP contribution >= 0.6 is 0 Å². The van der Waals surface area contributed by atoms with Gasteiger partial charge in [0.1, 0.15) is 5.82 Å². The Labute approximate surface area is 206 Å². The smallest absolute Gasteiger partial charge is 0.248 e. The number of nitrogens with one attached hydrogen (secondary N) is 2. The van der Waals surface area contributed by atoms with E-state index in [1.165, 1.54) is 5.06 Å². The highest BCUT2D eigenvalue weighted by atomic mass is 32.2. The zero-order valence-electron chi connectivity index (χ0n) is 20.6. The van der Waals surface area contributed by atoms with Gasteiger partial charge in [0.15, 0.2) is 0 Å². The first-order valence-corrected chi connectivity index (χ1v) is 13.5. The average molecular weight is 507 g/mol. The number of carbonyl (C=O) groups excluding carboxylic acids is 1. The van der Waals surface area contributed by atoms with Crippen LogP contribution in [0.4, 0.5) is 11.9 Å². The summed E-state index contributed by atoms with van der Waals surface area (Å²) in [4.78, 5) is 30.2. The predicted octanol–water partition coefficient (Wildman–Crippen LogP) is 2.07. The molecule has 1 aromatic heterocycles. The quantitative estimate of drug-likeness (QED) is 0.393. The van der Waals surface area contributed by atoms with Crippen LogP contribution in [0.1, 0.15) is 56.5 Å². The van der Waals surface area contributed by atoms with Crippen molar-refractivity contribution in [1.29, 1.82) is 0 Å². The molecule has 2 atom stereocenters. The molecule has 1 fully saturated rings. The number of sulfonamides is 1. The van der Waals surface area contributed by atoms with E-state index in [1.54, 1.807) is 0 Å². The highest BCUT2D eigenvalue weighted by Gasteiger charge is 2.22. The van der Waals surface area contributed by atoms with Crippen LogP contribution in [0.3, 0.4) is 0 Å². The molecule has 0 spiro atoms. The summed E-state index contributed by atoms with van der Waals surface area (Å²) in [7, 11) is -3.59. The molecule has 1 aromatic carbocycles. The summed E-state index contributed by atoms with van der Waals surface area (Å²) < 4.78 is 25.9. The van der Waals surface area contributed by atoms with Gasteiger partial charge in [0.2, 0.25) is 27.8 Å². The Kier molecular flexibility index (Phi) is 8.98. The highest BCUT2D eigenvalue weighted by molar-refractivity contribution is 7.91. The predicted molar refractivity (Wildman–Crippen MR) is 132 cm³/mol. The number of hydroxylamine groups is 2. The van der Waals surface area contributed by atoms with Gasteiger partial charge in [-0.1, -0.05) is 45.0 Å². The lowest BCUT2D eigenvalue weighted by Crippen LogP contribution is -2.27. The maximum atomic E-state index is 11.9. The average Bonchev–Trinajstić information content (AvgIpc) is 3.16. The van der Waals surface area contributed by atoms with Crippen LogP contribution in [0.2, 0.25) is 0 Å². The van der Waals surface area contributed by atoms with E-state index >= 15 is 0 Å². The van der Waals surface area contributed by atoms with Crippen molar-refractivity contribution in [2.75, 3.05) is 29.5 Å². The van der Waals surface area contributed by atoms with Crippen molar-refractivity contribution in [3.05, 3.63) is 41.2 Å². The van der Waals surface area contributed by atoms with Crippen LogP contribution < -0.4 is 10.0 Å². The molecule has 1 saturated heterocycles. The van der Waals surface area contributed by atoms with Crippen LogP contribution in [0.5, 0.6) is 0 Å². The zero-order chi connectivity index (χ0) is 25.6. The summed E-state index contributed by atoms with van der Waals surface area (Å²) >= 11 is 0. The first-order chi connectivity index (χ1) is 16.5. The first kappa shape index (κ1) is 26.8. The Bertz CT molecular complexity index is 1130. The van der Waals surface area contributed by atoms with Crippen molar-refractivity contribution in [3.63, 3.8) is 0 Å². The van der Waals surface area contributed by atoms with Crippen molar-refractivity contribution < 1.29 is 23.2 Å². The van der Waals surface area contributed by atoms with Crippen molar-refractivity contribution in [3.8, 4) is 0 Å². The second-order valence-corrected chi connectivity index (χ2v) is 11.0. The molecule has 1 amide bonds. The highest BCUT2D eigenvalue weighted by Crippen LogP contribution is 2.23. The third-order valence-corrected chi connectivity index (χ3v) is 6.00. The Morgan fingerprint density at radius 2 is 1.91 bits per heavy atom. The minimum Gasteiger partial charge on any atom is -0.394 e. The molecule has 0 radical (unpaired) electrons. The normalized spacial score (nSPS) is 15.9. The van der Waals surface area contributed by atoms with Crippen LogP contribution in [-0.2, 0) is 32.6 Å². The standard InChI is InChI=1S/C23H34N6O5S/c1-15(2)10-19(14-30)24-22-25-20(26-23(27-22)28-35(4,32)33)11-16(3)18-7-5-6-17(12-18)13-29-21(31)8-9-34-29/h5-7,12,15-16,19,30H,8-11,13-14H2,1-4H3,(H2,24,25,26,27,28)/t16?,19-/m1/s1. The largest absolute Gasteiger partial charge is 0.394 e. The second-order valence-electron chi connectivity index (χ2n) is 9.29. The number of rotatable bonds is 12. The number of aliphatic hydroxyl groups excluding tert-OH is 1. The van der Waals surface area contributed by atoms with Crippen LogP contribution in [-0.4, -0.2) is 65.0 Å². The van der Waals surface area contributed by atoms with E-state index in [2.05, 4.69) is 25.0 Å². The van der Waals surface area contributed by atoms with Gasteiger partial charge in [0, 0.05) is 6.42 Å². The summed E-state index contributed by atoms with van der Waals surface area (Å²) in [6, 6.07) is 7.59. The summed E-state index contributed by atoms with van der Waals surface area (Å²) in [6.45, 7) is 6.78. The van der Waals surface area contributed by atoms with Crippen molar-refractivity contribution in [2.45, 2.75) is 58.5 Å². The molecule has 0 bridgehead atoms. The van der Waals surface area contributed by atoms with E-state index < -0.39 is 10.0 Å². The van der Waals surface area contributed by atoms with Gasteiger partial charge < -0.3 is 10.4 Å². The Hall–Kier alpha value is -2.83. The molecule has 0 aliphatic carbocycles. The van der Waals surface area contributed by atoms with E-state index in [9.17, 15) is 18.3 Å². The minimum atomic E-state index is -3.59. The molecule has 3 rings (SSSR count). The van der Waals surface area contributed by atoms with Gasteiger partial charge in [-0.05, 0) is 29.4 Å². The first-order valence-electron chi connectivity index (χ1n) is 11.6. The summed E-state index contributed by atoms with van der Waals surface area (Å²) in [5.41, 5.74) is 1.97. The summed E-state index contributed by atoms with van der Waals surface area (Å²) in [6.07, 6.45) is 2.54. The molecule has 11 nitrogen and oxygen atoms in total. The zero-order valence-corrected chi connectivity index (χ0v) is 21.4. The van der Waals surface area contributed by atoms with Gasteiger partial charge in [-0.2, -0.15) is 15.0 Å². The fourth-order valence-corrected chi connectivity index (χ4v) is 4.27. The summed E-state index contributed by atoms with van der Waals surface area (Å²) in [5, 5.41) is 14.2. The van der Waals surface area contributed by atoms with E-state index in [1.807, 2.05) is 45.0 Å². The number of hydrogen-bond donors (Lipinski definition) is 3. The van der Waals surface area contributed by atoms with Gasteiger partial charge in [-0.15, -0.1) is 0 Å². The fraction of sp³-hybridized carbons (Fsp3) is 0.565. The van der Waals surface area contributed by atoms with Crippen LogP contribution in [0, 0.1) is 5.92 Å². The molecule has 1 aliphatic heterocycles. The third-order valence-electron chi connectivity index (χ3n) is 5.44. The van der Waals surface area contributed by atoms with E-state index in [0.29, 0.717) is 44.2 Å². The topological polar surface area (TPSA) is 147 Å². The number of anilines is 2. The van der Waals surface area contributed by atoms with Crippen molar-refractivity contribution >= 4 is 27.8 Å². The van der Waals surface area contributed by atoms with E-state index in [4.69, 9.17) is 4.84 Å². The molecule has 2 aromatic rings. The number of carbonyl (C=O) groups is 1. The lowest BCUT2D eigenvalue weighted by Gasteiger charge is -2.19. The van der Waals surface area contributed by atoms with Crippen LogP contribution in [0.15, 0.2) is 24.3 Å². The van der Waals surface area contributed by atoms with Gasteiger partial charge in [-0.3, -0.25) is 14.4 Å². The van der Waals surface area contributed by atoms with Crippen molar-refractivity contribution in [1.82, 2.24) is 20.0 Å². The summed E-state index contributed by atoms with van der Waals surface area (Å²) in [5.74, 6) is 0.835. The van der Waals surface area contributed by atoms with E-state index in [0.717, 1.165) is 17.4 Å². The van der Waals surface area contributed by atoms with Gasteiger partial charge in [0.05, 0.1) is 38.5 Å². The molecule has 1 aliphatic rings. The molecule has 35 heavy (non-hydrogen) atoms. The molecular weight excluding hydrogens is 472 g/mol. The lowest BCUT2D eigenvalue weighted by atomic mass is 9.95. The number of aromatic nitrogens is 3. The molecule has 3 N–H and O–H groups in total. The van der Waals surface area contributed by atoms with Gasteiger partial charge >= 0.3 is 0 Å². The number of benzene rings is 1. The Morgan fingerprint density at radius 1 is 1.17 bits per heavy atom. The Balaban J connectivity index is 1.80. The minimum absolute atomic E-state index is 0.00390. The number of amides is 1. The molecule has 0 saturated carbocycles. The second kappa shape index (κ2) is 11.7. The van der Waals surface area contributed by atoms with Gasteiger partial charge in [0.25, 0.3) is 0 Å². The van der Waals surface area contributed by atoms with E-state index in [-0.39, 0.29) is 36.4 Å².